The highest BCUT2D eigenvalue weighted by Crippen LogP contribution is 2.36. The van der Waals surface area contributed by atoms with Crippen molar-refractivity contribution in [3.63, 3.8) is 0 Å². The molecule has 1 saturated carbocycles. The fraction of sp³-hybridized carbons (Fsp3) is 0.389. The van der Waals surface area contributed by atoms with Gasteiger partial charge >= 0.3 is 5.97 Å². The van der Waals surface area contributed by atoms with Crippen molar-refractivity contribution < 1.29 is 14.3 Å². The van der Waals surface area contributed by atoms with Crippen LogP contribution < -0.4 is 4.74 Å². The third-order valence-electron chi connectivity index (χ3n) is 4.17. The summed E-state index contributed by atoms with van der Waals surface area (Å²) >= 11 is 0. The van der Waals surface area contributed by atoms with Crippen LogP contribution in [0.25, 0.3) is 0 Å². The first kappa shape index (κ1) is 15.5. The predicted molar refractivity (Wildman–Crippen MR) is 85.7 cm³/mol. The lowest BCUT2D eigenvalue weighted by atomic mass is 9.87. The van der Waals surface area contributed by atoms with Gasteiger partial charge in [-0.3, -0.25) is 4.98 Å². The molecule has 0 N–H and O–H groups in total. The maximum atomic E-state index is 11.5. The quantitative estimate of drug-likeness (QED) is 0.795. The second-order valence-corrected chi connectivity index (χ2v) is 5.70. The molecule has 3 rings (SSSR count). The minimum atomic E-state index is -0.362. The molecular formula is C18H20N2O3. The van der Waals surface area contributed by atoms with Crippen molar-refractivity contribution in [1.29, 1.82) is 0 Å². The van der Waals surface area contributed by atoms with Crippen molar-refractivity contribution >= 4 is 5.97 Å². The molecule has 1 aromatic heterocycles. The van der Waals surface area contributed by atoms with Crippen molar-refractivity contribution in [1.82, 2.24) is 9.97 Å². The average Bonchev–Trinajstić information content (AvgIpc) is 2.63. The number of hydrogen-bond acceptors (Lipinski definition) is 5. The number of aromatic nitrogens is 2. The Balaban J connectivity index is 1.78. The fourth-order valence-electron chi connectivity index (χ4n) is 2.96. The Bertz CT molecular complexity index is 664. The van der Waals surface area contributed by atoms with Gasteiger partial charge in [-0.15, -0.1) is 0 Å². The van der Waals surface area contributed by atoms with Crippen molar-refractivity contribution in [2.24, 2.45) is 0 Å². The summed E-state index contributed by atoms with van der Waals surface area (Å²) < 4.78 is 10.6. The van der Waals surface area contributed by atoms with Crippen molar-refractivity contribution in [3.8, 4) is 11.6 Å². The van der Waals surface area contributed by atoms with E-state index in [2.05, 4.69) is 9.97 Å². The summed E-state index contributed by atoms with van der Waals surface area (Å²) in [4.78, 5) is 20.3. The molecule has 1 aromatic carbocycles. The summed E-state index contributed by atoms with van der Waals surface area (Å²) in [5, 5.41) is 0. The summed E-state index contributed by atoms with van der Waals surface area (Å²) in [6, 6.07) is 6.84. The second kappa shape index (κ2) is 7.22. The van der Waals surface area contributed by atoms with E-state index in [1.807, 2.05) is 0 Å². The molecule has 0 aliphatic heterocycles. The van der Waals surface area contributed by atoms with E-state index in [4.69, 9.17) is 9.47 Å². The number of nitrogens with zero attached hydrogens (tertiary/aromatic N) is 2. The summed E-state index contributed by atoms with van der Waals surface area (Å²) in [5.74, 6) is 1.25. The maximum absolute atomic E-state index is 11.5. The summed E-state index contributed by atoms with van der Waals surface area (Å²) in [6.07, 6.45) is 9.39. The zero-order valence-electron chi connectivity index (χ0n) is 13.2. The van der Waals surface area contributed by atoms with Gasteiger partial charge in [0.25, 0.3) is 0 Å². The first-order valence-electron chi connectivity index (χ1n) is 7.95. The van der Waals surface area contributed by atoms with Crippen molar-refractivity contribution in [2.45, 2.75) is 38.0 Å². The average molecular weight is 312 g/mol. The van der Waals surface area contributed by atoms with E-state index in [-0.39, 0.29) is 5.97 Å². The maximum Gasteiger partial charge on any atom is 0.337 e. The molecule has 0 saturated heterocycles. The molecule has 2 aromatic rings. The molecule has 0 unspecified atom stereocenters. The van der Waals surface area contributed by atoms with E-state index in [1.165, 1.54) is 26.4 Å². The molecule has 1 aliphatic rings. The molecule has 0 atom stereocenters. The monoisotopic (exact) mass is 312 g/mol. The number of hydrogen-bond donors (Lipinski definition) is 0. The van der Waals surface area contributed by atoms with Gasteiger partial charge in [-0.2, -0.15) is 0 Å². The standard InChI is InChI=1S/C18H20N2O3/c1-22-18(21)14-7-9-15(10-8-14)23-17-16(19-11-12-20-17)13-5-3-2-4-6-13/h7-13H,2-6H2,1H3. The van der Waals surface area contributed by atoms with E-state index in [0.717, 1.165) is 18.5 Å². The number of benzene rings is 1. The van der Waals surface area contributed by atoms with E-state index in [0.29, 0.717) is 23.1 Å². The van der Waals surface area contributed by atoms with Crippen LogP contribution in [0.2, 0.25) is 0 Å². The summed E-state index contributed by atoms with van der Waals surface area (Å²) in [5.41, 5.74) is 1.43. The molecule has 0 amide bonds. The molecule has 0 bridgehead atoms. The van der Waals surface area contributed by atoms with Gasteiger partial charge in [-0.1, -0.05) is 19.3 Å². The SMILES string of the molecule is COC(=O)c1ccc(Oc2nccnc2C2CCCCC2)cc1. The first-order valence-corrected chi connectivity index (χ1v) is 7.95. The van der Waals surface area contributed by atoms with E-state index in [9.17, 15) is 4.79 Å². The van der Waals surface area contributed by atoms with Crippen LogP contribution in [0.15, 0.2) is 36.7 Å². The lowest BCUT2D eigenvalue weighted by molar-refractivity contribution is 0.0600. The third kappa shape index (κ3) is 3.67. The van der Waals surface area contributed by atoms with Crippen LogP contribution in [-0.4, -0.2) is 23.0 Å². The fourth-order valence-corrected chi connectivity index (χ4v) is 2.96. The van der Waals surface area contributed by atoms with Crippen LogP contribution >= 0.6 is 0 Å². The van der Waals surface area contributed by atoms with Gasteiger partial charge in [0.2, 0.25) is 5.88 Å². The van der Waals surface area contributed by atoms with Gasteiger partial charge in [0.15, 0.2) is 0 Å². The minimum absolute atomic E-state index is 0.362. The van der Waals surface area contributed by atoms with Crippen molar-refractivity contribution in [3.05, 3.63) is 47.9 Å². The Morgan fingerprint density at radius 3 is 2.43 bits per heavy atom. The topological polar surface area (TPSA) is 61.3 Å². The van der Waals surface area contributed by atoms with E-state index in [1.54, 1.807) is 36.7 Å². The highest BCUT2D eigenvalue weighted by Gasteiger charge is 2.21. The van der Waals surface area contributed by atoms with Gasteiger partial charge in [0, 0.05) is 18.3 Å². The highest BCUT2D eigenvalue weighted by molar-refractivity contribution is 5.89. The Morgan fingerprint density at radius 1 is 1.04 bits per heavy atom. The molecule has 0 spiro atoms. The van der Waals surface area contributed by atoms with Gasteiger partial charge in [0.1, 0.15) is 11.4 Å². The van der Waals surface area contributed by atoms with Crippen LogP contribution in [0, 0.1) is 0 Å². The zero-order valence-corrected chi connectivity index (χ0v) is 13.2. The third-order valence-corrected chi connectivity index (χ3v) is 4.17. The molecule has 23 heavy (non-hydrogen) atoms. The normalized spacial score (nSPS) is 15.2. The van der Waals surface area contributed by atoms with E-state index < -0.39 is 0 Å². The van der Waals surface area contributed by atoms with Crippen LogP contribution in [0.1, 0.15) is 54.1 Å². The Kier molecular flexibility index (Phi) is 4.86. The lowest BCUT2D eigenvalue weighted by Crippen LogP contribution is -2.09. The summed E-state index contributed by atoms with van der Waals surface area (Å²) in [6.45, 7) is 0. The number of rotatable bonds is 4. The molecular weight excluding hydrogens is 292 g/mol. The molecule has 1 fully saturated rings. The molecule has 120 valence electrons. The van der Waals surface area contributed by atoms with Gasteiger partial charge in [-0.25, -0.2) is 9.78 Å². The number of ether oxygens (including phenoxy) is 2. The molecule has 0 radical (unpaired) electrons. The molecule has 5 heteroatoms. The van der Waals surface area contributed by atoms with Crippen LogP contribution in [-0.2, 0) is 4.74 Å². The van der Waals surface area contributed by atoms with Crippen LogP contribution in [0.5, 0.6) is 11.6 Å². The predicted octanol–water partition coefficient (Wildman–Crippen LogP) is 4.10. The lowest BCUT2D eigenvalue weighted by Gasteiger charge is -2.22. The Hall–Kier alpha value is -2.43. The number of carbonyl (C=O) groups is 1. The minimum Gasteiger partial charge on any atom is -0.465 e. The number of methoxy groups -OCH3 is 1. The van der Waals surface area contributed by atoms with E-state index >= 15 is 0 Å². The molecule has 1 aliphatic carbocycles. The van der Waals surface area contributed by atoms with Crippen LogP contribution in [0.4, 0.5) is 0 Å². The van der Waals surface area contributed by atoms with Crippen molar-refractivity contribution in [2.75, 3.05) is 7.11 Å². The largest absolute Gasteiger partial charge is 0.465 e. The number of esters is 1. The van der Waals surface area contributed by atoms with Gasteiger partial charge in [0.05, 0.1) is 12.7 Å². The van der Waals surface area contributed by atoms with Gasteiger partial charge in [-0.05, 0) is 37.1 Å². The molecule has 1 heterocycles. The first-order chi connectivity index (χ1) is 11.3. The zero-order chi connectivity index (χ0) is 16.1. The Morgan fingerprint density at radius 2 is 1.74 bits per heavy atom. The van der Waals surface area contributed by atoms with Gasteiger partial charge < -0.3 is 9.47 Å². The second-order valence-electron chi connectivity index (χ2n) is 5.70. The Labute approximate surface area is 135 Å². The summed E-state index contributed by atoms with van der Waals surface area (Å²) in [7, 11) is 1.36. The highest BCUT2D eigenvalue weighted by atomic mass is 16.5. The molecule has 5 nitrogen and oxygen atoms in total. The number of carbonyl (C=O) groups excluding carboxylic acids is 1. The smallest absolute Gasteiger partial charge is 0.337 e. The van der Waals surface area contributed by atoms with Crippen LogP contribution in [0.3, 0.4) is 0 Å².